The minimum absolute atomic E-state index is 0.413. The van der Waals surface area contributed by atoms with E-state index in [1.807, 2.05) is 18.2 Å². The van der Waals surface area contributed by atoms with Gasteiger partial charge < -0.3 is 14.8 Å². The molecule has 5 nitrogen and oxygen atoms in total. The van der Waals surface area contributed by atoms with Crippen LogP contribution in [0.4, 0.5) is 0 Å². The first-order valence-corrected chi connectivity index (χ1v) is 5.75. The summed E-state index contributed by atoms with van der Waals surface area (Å²) >= 11 is 0. The largest absolute Gasteiger partial charge is 0.481 e. The lowest BCUT2D eigenvalue weighted by Gasteiger charge is -2.19. The van der Waals surface area contributed by atoms with Crippen LogP contribution in [0.2, 0.25) is 0 Å². The van der Waals surface area contributed by atoms with Gasteiger partial charge in [-0.1, -0.05) is 6.07 Å². The molecule has 0 spiro atoms. The van der Waals surface area contributed by atoms with Crippen molar-refractivity contribution in [1.29, 1.82) is 0 Å². The number of hydrogen-bond acceptors (Lipinski definition) is 4. The highest BCUT2D eigenvalue weighted by Gasteiger charge is 2.26. The van der Waals surface area contributed by atoms with Gasteiger partial charge in [-0.25, -0.2) is 4.98 Å². The summed E-state index contributed by atoms with van der Waals surface area (Å²) in [5.74, 6) is -0.805. The molecule has 2 N–H and O–H groups in total. The van der Waals surface area contributed by atoms with Gasteiger partial charge in [0.15, 0.2) is 12.0 Å². The van der Waals surface area contributed by atoms with Crippen LogP contribution >= 0.6 is 0 Å². The second kappa shape index (κ2) is 4.78. The van der Waals surface area contributed by atoms with Gasteiger partial charge in [-0.2, -0.15) is 0 Å². The van der Waals surface area contributed by atoms with Crippen LogP contribution < -0.4 is 5.32 Å². The Morgan fingerprint density at radius 2 is 2.28 bits per heavy atom. The predicted molar refractivity (Wildman–Crippen MR) is 67.1 cm³/mol. The molecular weight excluding hydrogens is 232 g/mol. The Hall–Kier alpha value is -1.88. The van der Waals surface area contributed by atoms with Crippen molar-refractivity contribution in [2.24, 2.45) is 5.41 Å². The number of aliphatic carboxylic acids is 1. The molecule has 1 heterocycles. The molecule has 0 bridgehead atoms. The van der Waals surface area contributed by atoms with Crippen LogP contribution in [0.3, 0.4) is 0 Å². The van der Waals surface area contributed by atoms with E-state index in [1.54, 1.807) is 13.8 Å². The van der Waals surface area contributed by atoms with E-state index < -0.39 is 11.4 Å². The van der Waals surface area contributed by atoms with Crippen molar-refractivity contribution < 1.29 is 14.3 Å². The normalized spacial score (nSPS) is 11.9. The van der Waals surface area contributed by atoms with Crippen LogP contribution in [0.1, 0.15) is 19.4 Å². The summed E-state index contributed by atoms with van der Waals surface area (Å²) in [4.78, 5) is 15.0. The van der Waals surface area contributed by atoms with E-state index in [0.717, 1.165) is 16.7 Å². The summed E-state index contributed by atoms with van der Waals surface area (Å²) in [6.07, 6.45) is 1.41. The maximum absolute atomic E-state index is 10.9. The Morgan fingerprint density at radius 3 is 3.00 bits per heavy atom. The molecule has 0 aliphatic rings. The summed E-state index contributed by atoms with van der Waals surface area (Å²) in [5, 5.41) is 12.1. The van der Waals surface area contributed by atoms with Gasteiger partial charge in [-0.15, -0.1) is 0 Å². The van der Waals surface area contributed by atoms with Gasteiger partial charge in [-0.3, -0.25) is 4.79 Å². The topological polar surface area (TPSA) is 75.4 Å². The zero-order valence-electron chi connectivity index (χ0n) is 10.4. The van der Waals surface area contributed by atoms with Gasteiger partial charge in [0.2, 0.25) is 0 Å². The molecule has 1 aromatic carbocycles. The molecular formula is C13H16N2O3. The number of aromatic nitrogens is 1. The average molecular weight is 248 g/mol. The molecule has 0 radical (unpaired) electrons. The highest BCUT2D eigenvalue weighted by Crippen LogP contribution is 2.16. The third kappa shape index (κ3) is 2.68. The van der Waals surface area contributed by atoms with Crippen molar-refractivity contribution in [3.63, 3.8) is 0 Å². The summed E-state index contributed by atoms with van der Waals surface area (Å²) in [6, 6.07) is 5.74. The number of carboxylic acids is 1. The maximum Gasteiger partial charge on any atom is 0.310 e. The second-order valence-electron chi connectivity index (χ2n) is 4.95. The Labute approximate surface area is 105 Å². The van der Waals surface area contributed by atoms with Gasteiger partial charge in [-0.05, 0) is 31.5 Å². The Kier molecular flexibility index (Phi) is 3.34. The Balaban J connectivity index is 1.96. The number of oxazole rings is 1. The lowest BCUT2D eigenvalue weighted by atomic mass is 9.94. The van der Waals surface area contributed by atoms with Gasteiger partial charge >= 0.3 is 5.97 Å². The average Bonchev–Trinajstić information content (AvgIpc) is 2.75. The molecule has 2 aromatic rings. The molecule has 0 unspecified atom stereocenters. The third-order valence-electron chi connectivity index (χ3n) is 2.87. The zero-order valence-corrected chi connectivity index (χ0v) is 10.4. The number of fused-ring (bicyclic) bond motifs is 1. The fourth-order valence-electron chi connectivity index (χ4n) is 1.60. The maximum atomic E-state index is 10.9. The van der Waals surface area contributed by atoms with Crippen LogP contribution in [0.25, 0.3) is 11.1 Å². The molecule has 1 aromatic heterocycles. The SMILES string of the molecule is CC(C)(CNCc1ccc2ncoc2c1)C(=O)O. The minimum atomic E-state index is -0.805. The molecule has 96 valence electrons. The van der Waals surface area contributed by atoms with E-state index in [0.29, 0.717) is 13.1 Å². The Morgan fingerprint density at radius 1 is 1.50 bits per heavy atom. The first kappa shape index (κ1) is 12.6. The lowest BCUT2D eigenvalue weighted by Crippen LogP contribution is -2.35. The standard InChI is InChI=1S/C13H16N2O3/c1-13(2,12(16)17)7-14-6-9-3-4-10-11(5-9)18-8-15-10/h3-5,8,14H,6-7H2,1-2H3,(H,16,17). The first-order valence-electron chi connectivity index (χ1n) is 5.75. The van der Waals surface area contributed by atoms with Crippen LogP contribution in [0.5, 0.6) is 0 Å². The second-order valence-corrected chi connectivity index (χ2v) is 4.95. The number of carbonyl (C=O) groups is 1. The van der Waals surface area contributed by atoms with E-state index >= 15 is 0 Å². The molecule has 18 heavy (non-hydrogen) atoms. The number of nitrogens with zero attached hydrogens (tertiary/aromatic N) is 1. The minimum Gasteiger partial charge on any atom is -0.481 e. The smallest absolute Gasteiger partial charge is 0.310 e. The molecule has 0 saturated carbocycles. The molecule has 0 amide bonds. The molecule has 0 aliphatic heterocycles. The van der Waals surface area contributed by atoms with Gasteiger partial charge in [0.05, 0.1) is 5.41 Å². The van der Waals surface area contributed by atoms with Crippen LogP contribution in [0, 0.1) is 5.41 Å². The van der Waals surface area contributed by atoms with E-state index in [1.165, 1.54) is 6.39 Å². The summed E-state index contributed by atoms with van der Waals surface area (Å²) in [6.45, 7) is 4.41. The van der Waals surface area contributed by atoms with Crippen LogP contribution in [-0.2, 0) is 11.3 Å². The van der Waals surface area contributed by atoms with Crippen LogP contribution in [0.15, 0.2) is 29.0 Å². The number of rotatable bonds is 5. The molecule has 2 rings (SSSR count). The Bertz CT molecular complexity index is 560. The molecule has 0 fully saturated rings. The predicted octanol–water partition coefficient (Wildman–Crippen LogP) is 2.03. The van der Waals surface area contributed by atoms with Crippen LogP contribution in [-0.4, -0.2) is 22.6 Å². The van der Waals surface area contributed by atoms with E-state index in [4.69, 9.17) is 9.52 Å². The van der Waals surface area contributed by atoms with Gasteiger partial charge in [0, 0.05) is 13.1 Å². The summed E-state index contributed by atoms with van der Waals surface area (Å²) in [7, 11) is 0. The van der Waals surface area contributed by atoms with Crippen molar-refractivity contribution in [3.8, 4) is 0 Å². The molecule has 5 heteroatoms. The zero-order chi connectivity index (χ0) is 13.2. The van der Waals surface area contributed by atoms with E-state index in [-0.39, 0.29) is 0 Å². The fraction of sp³-hybridized carbons (Fsp3) is 0.385. The van der Waals surface area contributed by atoms with Gasteiger partial charge in [0.25, 0.3) is 0 Å². The lowest BCUT2D eigenvalue weighted by molar-refractivity contribution is -0.146. The van der Waals surface area contributed by atoms with Crippen molar-refractivity contribution in [1.82, 2.24) is 10.3 Å². The molecule has 0 aliphatic carbocycles. The van der Waals surface area contributed by atoms with E-state index in [9.17, 15) is 4.79 Å². The quantitative estimate of drug-likeness (QED) is 0.846. The van der Waals surface area contributed by atoms with Gasteiger partial charge in [0.1, 0.15) is 5.52 Å². The molecule has 0 saturated heterocycles. The monoisotopic (exact) mass is 248 g/mol. The van der Waals surface area contributed by atoms with Crippen molar-refractivity contribution >= 4 is 17.1 Å². The first-order chi connectivity index (χ1) is 8.49. The number of carboxylic acid groups (broad SMARTS) is 1. The van der Waals surface area contributed by atoms with Crippen molar-refractivity contribution in [2.75, 3.05) is 6.54 Å². The summed E-state index contributed by atoms with van der Waals surface area (Å²) < 4.78 is 5.21. The molecule has 0 atom stereocenters. The van der Waals surface area contributed by atoms with E-state index in [2.05, 4.69) is 10.3 Å². The highest BCUT2D eigenvalue weighted by molar-refractivity contribution is 5.74. The number of nitrogens with one attached hydrogen (secondary N) is 1. The fourth-order valence-corrected chi connectivity index (χ4v) is 1.60. The number of benzene rings is 1. The van der Waals surface area contributed by atoms with Crippen molar-refractivity contribution in [3.05, 3.63) is 30.2 Å². The van der Waals surface area contributed by atoms with Crippen molar-refractivity contribution in [2.45, 2.75) is 20.4 Å². The number of hydrogen-bond donors (Lipinski definition) is 2. The summed E-state index contributed by atoms with van der Waals surface area (Å²) in [5.41, 5.74) is 1.84. The highest BCUT2D eigenvalue weighted by atomic mass is 16.4. The third-order valence-corrected chi connectivity index (χ3v) is 2.87.